The molecule has 0 amide bonds. The van der Waals surface area contributed by atoms with Crippen LogP contribution in [0.3, 0.4) is 0 Å². The molecule has 0 aromatic rings. The summed E-state index contributed by atoms with van der Waals surface area (Å²) >= 11 is 1.46. The van der Waals surface area contributed by atoms with Gasteiger partial charge in [0.15, 0.2) is 0 Å². The molecule has 1 aliphatic heterocycles. The van der Waals surface area contributed by atoms with E-state index in [0.717, 1.165) is 17.7 Å². The van der Waals surface area contributed by atoms with E-state index in [1.165, 1.54) is 31.1 Å². The molecule has 8 heavy (non-hydrogen) atoms. The second-order valence-corrected chi connectivity index (χ2v) is 4.48. The topological polar surface area (TPSA) is 9.23 Å². The Labute approximate surface area is 70.6 Å². The molecule has 1 aliphatic rings. The van der Waals surface area contributed by atoms with Gasteiger partial charge in [-0.2, -0.15) is 0 Å². The van der Waals surface area contributed by atoms with Gasteiger partial charge in [-0.15, -0.1) is 0 Å². The van der Waals surface area contributed by atoms with Crippen LogP contribution in [0.5, 0.6) is 0 Å². The van der Waals surface area contributed by atoms with Crippen molar-refractivity contribution in [2.45, 2.75) is 17.4 Å². The van der Waals surface area contributed by atoms with Gasteiger partial charge >= 0.3 is 53.6 Å². The van der Waals surface area contributed by atoms with Crippen molar-refractivity contribution in [1.29, 1.82) is 0 Å². The second kappa shape index (κ2) is 4.90. The van der Waals surface area contributed by atoms with Crippen molar-refractivity contribution in [3.63, 3.8) is 0 Å². The average molecular weight is 230 g/mol. The van der Waals surface area contributed by atoms with Gasteiger partial charge in [-0.3, -0.25) is 0 Å². The average Bonchev–Trinajstić information content (AvgIpc) is 1.69. The molecule has 0 aromatic carbocycles. The summed E-state index contributed by atoms with van der Waals surface area (Å²) < 4.78 is 6.20. The zero-order valence-electron chi connectivity index (χ0n) is 4.90. The molecular formula is C5H9BrOZn. The number of halogens is 1. The quantitative estimate of drug-likeness (QED) is 0.443. The minimum absolute atomic E-state index is 0. The van der Waals surface area contributed by atoms with Crippen LogP contribution in [0.1, 0.15) is 12.8 Å². The van der Waals surface area contributed by atoms with Crippen molar-refractivity contribution in [2.24, 2.45) is 0 Å². The first-order valence-corrected chi connectivity index (χ1v) is 4.52. The number of hydrogen-bond donors (Lipinski definition) is 0. The molecule has 44 valence electrons. The van der Waals surface area contributed by atoms with E-state index in [1.54, 1.807) is 0 Å². The Balaban J connectivity index is 0.000000490. The van der Waals surface area contributed by atoms with E-state index in [4.69, 9.17) is 4.74 Å². The zero-order chi connectivity index (χ0) is 5.11. The van der Waals surface area contributed by atoms with Gasteiger partial charge in [0.2, 0.25) is 0 Å². The molecule has 1 fully saturated rings. The molecule has 0 aliphatic carbocycles. The third-order valence-corrected chi connectivity index (χ3v) is 3.05. The van der Waals surface area contributed by atoms with Crippen molar-refractivity contribution >= 4 is 0 Å². The summed E-state index contributed by atoms with van der Waals surface area (Å²) in [6.45, 7) is 2.04. The minimum atomic E-state index is 0. The summed E-state index contributed by atoms with van der Waals surface area (Å²) in [4.78, 5) is 0. The van der Waals surface area contributed by atoms with E-state index >= 15 is 0 Å². The molecule has 0 spiro atoms. The van der Waals surface area contributed by atoms with Crippen molar-refractivity contribution in [1.82, 2.24) is 0 Å². The van der Waals surface area contributed by atoms with E-state index in [1.807, 2.05) is 0 Å². The molecule has 1 nitrogen and oxygen atoms in total. The van der Waals surface area contributed by atoms with Crippen molar-refractivity contribution in [2.75, 3.05) is 13.2 Å². The van der Waals surface area contributed by atoms with Gasteiger partial charge in [0.25, 0.3) is 0 Å². The number of rotatable bonds is 0. The van der Waals surface area contributed by atoms with Crippen LogP contribution in [0.15, 0.2) is 0 Å². The Bertz CT molecular complexity index is 54.4. The van der Waals surface area contributed by atoms with Gasteiger partial charge < -0.3 is 17.0 Å². The molecule has 0 atom stereocenters. The van der Waals surface area contributed by atoms with Gasteiger partial charge in [-0.05, 0) is 0 Å². The van der Waals surface area contributed by atoms with Gasteiger partial charge in [0, 0.05) is 0 Å². The summed E-state index contributed by atoms with van der Waals surface area (Å²) in [6.07, 6.45) is 2.64. The predicted molar refractivity (Wildman–Crippen MR) is 23.8 cm³/mol. The molecule has 0 radical (unpaired) electrons. The van der Waals surface area contributed by atoms with Gasteiger partial charge in [0.05, 0.1) is 0 Å². The van der Waals surface area contributed by atoms with E-state index in [9.17, 15) is 0 Å². The van der Waals surface area contributed by atoms with E-state index in [-0.39, 0.29) is 17.0 Å². The Hall–Kier alpha value is 1.06. The van der Waals surface area contributed by atoms with Crippen molar-refractivity contribution < 1.29 is 40.0 Å². The van der Waals surface area contributed by atoms with E-state index in [2.05, 4.69) is 0 Å². The van der Waals surface area contributed by atoms with Crippen LogP contribution >= 0.6 is 0 Å². The molecule has 0 aromatic heterocycles. The fourth-order valence-corrected chi connectivity index (χ4v) is 1.45. The normalized spacial score (nSPS) is 22.2. The maximum atomic E-state index is 5.16. The maximum absolute atomic E-state index is 5.16. The van der Waals surface area contributed by atoms with Gasteiger partial charge in [-0.1, -0.05) is 0 Å². The standard InChI is InChI=1S/C5H9O.BrH.Zn/c1-2-4-6-5-3-1;;/h1H,2-5H2;1H;/q;;+1/p-1. The molecular weight excluding hydrogens is 221 g/mol. The van der Waals surface area contributed by atoms with Crippen LogP contribution in [0.2, 0.25) is 4.51 Å². The number of hydrogen-bond acceptors (Lipinski definition) is 1. The third-order valence-electron chi connectivity index (χ3n) is 1.34. The van der Waals surface area contributed by atoms with E-state index in [0.29, 0.717) is 0 Å². The molecule has 0 N–H and O–H groups in total. The Morgan fingerprint density at radius 3 is 2.00 bits per heavy atom. The molecule has 0 saturated carbocycles. The Morgan fingerprint density at radius 1 is 1.25 bits per heavy atom. The summed E-state index contributed by atoms with van der Waals surface area (Å²) in [5.41, 5.74) is 0. The SMILES string of the molecule is [Br-].[Zn+][CH]1CCOCC1. The third kappa shape index (κ3) is 3.16. The fourth-order valence-electron chi connectivity index (χ4n) is 0.746. The number of ether oxygens (including phenoxy) is 1. The first-order valence-electron chi connectivity index (χ1n) is 2.80. The van der Waals surface area contributed by atoms with Crippen LogP contribution < -0.4 is 17.0 Å². The predicted octanol–water partition coefficient (Wildman–Crippen LogP) is -1.86. The molecule has 3 heteroatoms. The van der Waals surface area contributed by atoms with Crippen LogP contribution in [0.25, 0.3) is 0 Å². The summed E-state index contributed by atoms with van der Waals surface area (Å²) in [5, 5.41) is 0. The van der Waals surface area contributed by atoms with E-state index < -0.39 is 0 Å². The Kier molecular flexibility index (Phi) is 5.55. The van der Waals surface area contributed by atoms with Crippen LogP contribution in [0, 0.1) is 0 Å². The molecule has 1 saturated heterocycles. The van der Waals surface area contributed by atoms with Crippen LogP contribution in [-0.2, 0) is 23.0 Å². The first-order chi connectivity index (χ1) is 3.39. The molecule has 1 rings (SSSR count). The Morgan fingerprint density at radius 2 is 1.75 bits per heavy atom. The molecule has 1 heterocycles. The zero-order valence-corrected chi connectivity index (χ0v) is 9.45. The summed E-state index contributed by atoms with van der Waals surface area (Å²) in [7, 11) is 0. The second-order valence-electron chi connectivity index (χ2n) is 2.06. The van der Waals surface area contributed by atoms with Gasteiger partial charge in [0.1, 0.15) is 0 Å². The monoisotopic (exact) mass is 228 g/mol. The van der Waals surface area contributed by atoms with Crippen LogP contribution in [-0.4, -0.2) is 13.2 Å². The fraction of sp³-hybridized carbons (Fsp3) is 1.00. The van der Waals surface area contributed by atoms with Crippen molar-refractivity contribution in [3.05, 3.63) is 0 Å². The molecule has 0 unspecified atom stereocenters. The van der Waals surface area contributed by atoms with Crippen LogP contribution in [0.4, 0.5) is 0 Å². The first kappa shape index (κ1) is 9.06. The van der Waals surface area contributed by atoms with Crippen molar-refractivity contribution in [3.8, 4) is 0 Å². The summed E-state index contributed by atoms with van der Waals surface area (Å²) in [6, 6.07) is 0. The van der Waals surface area contributed by atoms with Gasteiger partial charge in [-0.25, -0.2) is 0 Å². The summed E-state index contributed by atoms with van der Waals surface area (Å²) in [5.74, 6) is 0. The molecule has 0 bridgehead atoms.